The lowest BCUT2D eigenvalue weighted by molar-refractivity contribution is 0.225. The highest BCUT2D eigenvalue weighted by molar-refractivity contribution is 7.10. The Labute approximate surface area is 104 Å². The van der Waals surface area contributed by atoms with Crippen molar-refractivity contribution in [2.24, 2.45) is 7.05 Å². The summed E-state index contributed by atoms with van der Waals surface area (Å²) in [4.78, 5) is 0.987. The molecule has 3 rings (SSSR count). The van der Waals surface area contributed by atoms with Crippen molar-refractivity contribution in [3.8, 4) is 0 Å². The molecule has 0 aliphatic heterocycles. The Hall–Kier alpha value is -1.58. The van der Waals surface area contributed by atoms with E-state index >= 15 is 0 Å². The third-order valence-electron chi connectivity index (χ3n) is 3.04. The van der Waals surface area contributed by atoms with Crippen LogP contribution in [-0.4, -0.2) is 9.67 Å². The number of thiophene rings is 1. The lowest BCUT2D eigenvalue weighted by atomic mass is 10.1. The second-order valence-corrected chi connectivity index (χ2v) is 5.11. The van der Waals surface area contributed by atoms with E-state index in [1.54, 1.807) is 11.3 Å². The standard InChI is InChI=1S/C14H13NOS/c1-15-9-11(10-5-2-3-6-12(10)15)14(16)13-7-4-8-17-13/h2-9,14,16H,1H3. The Kier molecular flexibility index (Phi) is 2.50. The van der Waals surface area contributed by atoms with Crippen LogP contribution in [0.15, 0.2) is 48.0 Å². The summed E-state index contributed by atoms with van der Waals surface area (Å²) in [5.74, 6) is 0. The second kappa shape index (κ2) is 4.02. The molecule has 0 saturated carbocycles. The zero-order chi connectivity index (χ0) is 11.8. The fourth-order valence-corrected chi connectivity index (χ4v) is 2.92. The first kappa shape index (κ1) is 10.6. The van der Waals surface area contributed by atoms with E-state index in [1.165, 1.54) is 0 Å². The minimum atomic E-state index is -0.527. The fourth-order valence-electron chi connectivity index (χ4n) is 2.19. The van der Waals surface area contributed by atoms with Crippen molar-refractivity contribution in [2.75, 3.05) is 0 Å². The van der Waals surface area contributed by atoms with Crippen molar-refractivity contribution in [1.82, 2.24) is 4.57 Å². The molecule has 3 aromatic rings. The van der Waals surface area contributed by atoms with E-state index in [1.807, 2.05) is 42.9 Å². The summed E-state index contributed by atoms with van der Waals surface area (Å²) in [6.07, 6.45) is 1.48. The smallest absolute Gasteiger partial charge is 0.115 e. The van der Waals surface area contributed by atoms with Gasteiger partial charge in [-0.1, -0.05) is 24.3 Å². The van der Waals surface area contributed by atoms with Crippen molar-refractivity contribution in [3.05, 3.63) is 58.4 Å². The molecular weight excluding hydrogens is 230 g/mol. The van der Waals surface area contributed by atoms with Crippen LogP contribution in [-0.2, 0) is 7.05 Å². The Balaban J connectivity index is 2.18. The first-order valence-corrected chi connectivity index (χ1v) is 6.41. The van der Waals surface area contributed by atoms with Gasteiger partial charge >= 0.3 is 0 Å². The molecule has 0 saturated heterocycles. The molecule has 17 heavy (non-hydrogen) atoms. The van der Waals surface area contributed by atoms with Crippen molar-refractivity contribution >= 4 is 22.2 Å². The van der Waals surface area contributed by atoms with Gasteiger partial charge in [-0.25, -0.2) is 0 Å². The summed E-state index contributed by atoms with van der Waals surface area (Å²) in [6, 6.07) is 12.1. The molecule has 0 aliphatic rings. The summed E-state index contributed by atoms with van der Waals surface area (Å²) in [7, 11) is 2.01. The first-order chi connectivity index (χ1) is 8.27. The molecule has 3 heteroatoms. The number of aliphatic hydroxyl groups is 1. The minimum Gasteiger partial charge on any atom is -0.383 e. The second-order valence-electron chi connectivity index (χ2n) is 4.13. The summed E-state index contributed by atoms with van der Waals surface area (Å²) in [5, 5.41) is 13.5. The van der Waals surface area contributed by atoms with Gasteiger partial charge in [0.25, 0.3) is 0 Å². The Morgan fingerprint density at radius 1 is 1.18 bits per heavy atom. The van der Waals surface area contributed by atoms with E-state index in [-0.39, 0.29) is 0 Å². The van der Waals surface area contributed by atoms with E-state index in [9.17, 15) is 5.11 Å². The average Bonchev–Trinajstić information content (AvgIpc) is 2.97. The maximum absolute atomic E-state index is 10.4. The van der Waals surface area contributed by atoms with Gasteiger partial charge in [-0.15, -0.1) is 11.3 Å². The third kappa shape index (κ3) is 1.68. The molecule has 0 radical (unpaired) electrons. The maximum Gasteiger partial charge on any atom is 0.115 e. The number of hydrogen-bond donors (Lipinski definition) is 1. The molecule has 1 N–H and O–H groups in total. The SMILES string of the molecule is Cn1cc(C(O)c2cccs2)c2ccccc21. The number of para-hydroxylation sites is 1. The molecule has 1 aromatic carbocycles. The predicted octanol–water partition coefficient (Wildman–Crippen LogP) is 3.32. The van der Waals surface area contributed by atoms with Gasteiger partial charge < -0.3 is 9.67 Å². The molecule has 1 atom stereocenters. The average molecular weight is 243 g/mol. The number of aromatic nitrogens is 1. The molecule has 1 unspecified atom stereocenters. The lowest BCUT2D eigenvalue weighted by Gasteiger charge is -2.06. The minimum absolute atomic E-state index is 0.527. The number of rotatable bonds is 2. The molecule has 86 valence electrons. The van der Waals surface area contributed by atoms with Crippen LogP contribution in [0, 0.1) is 0 Å². The highest BCUT2D eigenvalue weighted by atomic mass is 32.1. The number of nitrogens with zero attached hydrogens (tertiary/aromatic N) is 1. The van der Waals surface area contributed by atoms with E-state index in [4.69, 9.17) is 0 Å². The van der Waals surface area contributed by atoms with Gasteiger partial charge in [0.1, 0.15) is 6.10 Å². The monoisotopic (exact) mass is 243 g/mol. The molecule has 0 amide bonds. The van der Waals surface area contributed by atoms with Crippen LogP contribution in [0.1, 0.15) is 16.5 Å². The molecule has 2 heterocycles. The summed E-state index contributed by atoms with van der Waals surface area (Å²) in [6.45, 7) is 0. The largest absolute Gasteiger partial charge is 0.383 e. The number of aliphatic hydroxyl groups excluding tert-OH is 1. The van der Waals surface area contributed by atoms with Crippen molar-refractivity contribution < 1.29 is 5.11 Å². The molecule has 0 spiro atoms. The van der Waals surface area contributed by atoms with Crippen LogP contribution in [0.3, 0.4) is 0 Å². The van der Waals surface area contributed by atoms with E-state index in [2.05, 4.69) is 16.7 Å². The van der Waals surface area contributed by atoms with Crippen molar-refractivity contribution in [3.63, 3.8) is 0 Å². The van der Waals surface area contributed by atoms with Gasteiger partial charge in [-0.05, 0) is 17.5 Å². The van der Waals surface area contributed by atoms with Crippen molar-refractivity contribution in [2.45, 2.75) is 6.10 Å². The number of fused-ring (bicyclic) bond motifs is 1. The third-order valence-corrected chi connectivity index (χ3v) is 3.96. The van der Waals surface area contributed by atoms with E-state index < -0.39 is 6.10 Å². The Morgan fingerprint density at radius 2 is 2.00 bits per heavy atom. The maximum atomic E-state index is 10.4. The molecular formula is C14H13NOS. The molecule has 0 aliphatic carbocycles. The molecule has 0 bridgehead atoms. The van der Waals surface area contributed by atoms with Crippen LogP contribution in [0.5, 0.6) is 0 Å². The summed E-state index contributed by atoms with van der Waals surface area (Å²) < 4.78 is 2.06. The van der Waals surface area contributed by atoms with Crippen LogP contribution in [0.25, 0.3) is 10.9 Å². The first-order valence-electron chi connectivity index (χ1n) is 5.53. The predicted molar refractivity (Wildman–Crippen MR) is 71.3 cm³/mol. The number of hydrogen-bond acceptors (Lipinski definition) is 2. The normalized spacial score (nSPS) is 13.1. The molecule has 0 fully saturated rings. The molecule has 2 aromatic heterocycles. The van der Waals surface area contributed by atoms with E-state index in [0.717, 1.165) is 21.3 Å². The number of benzene rings is 1. The van der Waals surface area contributed by atoms with Gasteiger partial charge in [0, 0.05) is 34.6 Å². The van der Waals surface area contributed by atoms with Gasteiger partial charge in [-0.3, -0.25) is 0 Å². The summed E-state index contributed by atoms with van der Waals surface area (Å²) in [5.41, 5.74) is 2.13. The fraction of sp³-hybridized carbons (Fsp3) is 0.143. The summed E-state index contributed by atoms with van der Waals surface area (Å²) >= 11 is 1.58. The Morgan fingerprint density at radius 3 is 2.76 bits per heavy atom. The quantitative estimate of drug-likeness (QED) is 0.734. The van der Waals surface area contributed by atoms with Crippen LogP contribution >= 0.6 is 11.3 Å². The van der Waals surface area contributed by atoms with Crippen molar-refractivity contribution in [1.29, 1.82) is 0 Å². The van der Waals surface area contributed by atoms with Gasteiger partial charge in [-0.2, -0.15) is 0 Å². The van der Waals surface area contributed by atoms with Gasteiger partial charge in [0.15, 0.2) is 0 Å². The Bertz CT molecular complexity index is 639. The lowest BCUT2D eigenvalue weighted by Crippen LogP contribution is -1.95. The van der Waals surface area contributed by atoms with Crippen LogP contribution in [0.2, 0.25) is 0 Å². The highest BCUT2D eigenvalue weighted by Crippen LogP contribution is 2.31. The van der Waals surface area contributed by atoms with E-state index in [0.29, 0.717) is 0 Å². The molecule has 2 nitrogen and oxygen atoms in total. The zero-order valence-corrected chi connectivity index (χ0v) is 10.3. The highest BCUT2D eigenvalue weighted by Gasteiger charge is 2.16. The van der Waals surface area contributed by atoms with Crippen LogP contribution in [0.4, 0.5) is 0 Å². The number of aryl methyl sites for hydroxylation is 1. The topological polar surface area (TPSA) is 25.2 Å². The van der Waals surface area contributed by atoms with Gasteiger partial charge in [0.2, 0.25) is 0 Å². The van der Waals surface area contributed by atoms with Crippen LogP contribution < -0.4 is 0 Å². The van der Waals surface area contributed by atoms with Gasteiger partial charge in [0.05, 0.1) is 0 Å². The zero-order valence-electron chi connectivity index (χ0n) is 9.50.